The molecule has 3 nitrogen and oxygen atoms in total. The average molecular weight is 261 g/mol. The van der Waals surface area contributed by atoms with E-state index in [1.807, 2.05) is 0 Å². The molecular formula is C11H17ClN2OS. The van der Waals surface area contributed by atoms with Crippen molar-refractivity contribution in [3.8, 4) is 0 Å². The number of nitrogens with two attached hydrogens (primary N) is 1. The van der Waals surface area contributed by atoms with E-state index in [1.165, 1.54) is 11.8 Å². The number of aliphatic hydroxyl groups is 1. The summed E-state index contributed by atoms with van der Waals surface area (Å²) in [5.41, 5.74) is 5.99. The largest absolute Gasteiger partial charge is 0.395 e. The Kier molecular flexibility index (Phi) is 6.13. The Morgan fingerprint density at radius 3 is 2.94 bits per heavy atom. The van der Waals surface area contributed by atoms with Gasteiger partial charge in [-0.2, -0.15) is 0 Å². The number of thioether (sulfide) groups is 1. The topological polar surface area (TPSA) is 59.1 Å². The van der Waals surface area contributed by atoms with Gasteiger partial charge in [0.25, 0.3) is 0 Å². The van der Waals surface area contributed by atoms with Crippen LogP contribution in [0.2, 0.25) is 5.02 Å². The molecule has 90 valence electrons. The van der Waals surface area contributed by atoms with E-state index in [-0.39, 0.29) is 17.9 Å². The molecule has 0 aliphatic rings. The van der Waals surface area contributed by atoms with Gasteiger partial charge >= 0.3 is 0 Å². The predicted molar refractivity (Wildman–Crippen MR) is 68.9 cm³/mol. The zero-order chi connectivity index (χ0) is 12.0. The van der Waals surface area contributed by atoms with E-state index in [0.717, 1.165) is 17.9 Å². The van der Waals surface area contributed by atoms with Crippen LogP contribution in [0.1, 0.15) is 19.8 Å². The summed E-state index contributed by atoms with van der Waals surface area (Å²) in [5, 5.41) is 10.6. The molecule has 1 rings (SSSR count). The van der Waals surface area contributed by atoms with E-state index in [2.05, 4.69) is 11.9 Å². The number of nitrogens with zero attached hydrogens (tertiary/aromatic N) is 1. The lowest BCUT2D eigenvalue weighted by Crippen LogP contribution is -2.34. The number of pyridine rings is 1. The van der Waals surface area contributed by atoms with Crippen LogP contribution in [0.3, 0.4) is 0 Å². The molecule has 0 aromatic carbocycles. The highest BCUT2D eigenvalue weighted by molar-refractivity contribution is 8.00. The fourth-order valence-electron chi connectivity index (χ4n) is 1.38. The van der Waals surface area contributed by atoms with Gasteiger partial charge < -0.3 is 10.8 Å². The Balaban J connectivity index is 2.66. The van der Waals surface area contributed by atoms with Crippen LogP contribution in [0.25, 0.3) is 0 Å². The number of rotatable bonds is 6. The predicted octanol–water partition coefficient (Wildman–Crippen LogP) is 2.32. The van der Waals surface area contributed by atoms with Crippen molar-refractivity contribution in [2.24, 2.45) is 5.73 Å². The second kappa shape index (κ2) is 7.12. The van der Waals surface area contributed by atoms with Gasteiger partial charge in [0.1, 0.15) is 5.03 Å². The SMILES string of the molecule is CCCC(N)C(CO)Sc1ncccc1Cl. The van der Waals surface area contributed by atoms with Gasteiger partial charge in [-0.3, -0.25) is 0 Å². The minimum absolute atomic E-state index is 0.0296. The van der Waals surface area contributed by atoms with E-state index < -0.39 is 0 Å². The molecule has 16 heavy (non-hydrogen) atoms. The van der Waals surface area contributed by atoms with Crippen LogP contribution in [0, 0.1) is 0 Å². The molecule has 1 aromatic heterocycles. The minimum atomic E-state index is -0.0488. The highest BCUT2D eigenvalue weighted by Gasteiger charge is 2.19. The minimum Gasteiger partial charge on any atom is -0.395 e. The molecule has 1 heterocycles. The van der Waals surface area contributed by atoms with Crippen LogP contribution in [-0.4, -0.2) is 28.0 Å². The van der Waals surface area contributed by atoms with Crippen molar-refractivity contribution in [3.63, 3.8) is 0 Å². The zero-order valence-corrected chi connectivity index (χ0v) is 10.8. The molecule has 0 radical (unpaired) electrons. The molecule has 3 N–H and O–H groups in total. The third kappa shape index (κ3) is 3.94. The molecular weight excluding hydrogens is 244 g/mol. The first-order valence-corrected chi connectivity index (χ1v) is 6.58. The number of aliphatic hydroxyl groups excluding tert-OH is 1. The van der Waals surface area contributed by atoms with Crippen molar-refractivity contribution in [1.29, 1.82) is 0 Å². The average Bonchev–Trinajstić information content (AvgIpc) is 2.28. The molecule has 0 fully saturated rings. The maximum absolute atomic E-state index is 9.30. The fourth-order valence-corrected chi connectivity index (χ4v) is 2.61. The van der Waals surface area contributed by atoms with Gasteiger partial charge in [-0.05, 0) is 18.6 Å². The normalized spacial score (nSPS) is 14.8. The van der Waals surface area contributed by atoms with Gasteiger partial charge in [-0.25, -0.2) is 4.98 Å². The third-order valence-corrected chi connectivity index (χ3v) is 4.03. The highest BCUT2D eigenvalue weighted by atomic mass is 35.5. The molecule has 5 heteroatoms. The van der Waals surface area contributed by atoms with E-state index in [1.54, 1.807) is 18.3 Å². The summed E-state index contributed by atoms with van der Waals surface area (Å²) in [5.74, 6) is 0. The van der Waals surface area contributed by atoms with Gasteiger partial charge in [-0.1, -0.05) is 36.7 Å². The number of hydrogen-bond acceptors (Lipinski definition) is 4. The summed E-state index contributed by atoms with van der Waals surface area (Å²) in [6.07, 6.45) is 3.59. The van der Waals surface area contributed by atoms with E-state index in [4.69, 9.17) is 17.3 Å². The van der Waals surface area contributed by atoms with Crippen LogP contribution in [0.5, 0.6) is 0 Å². The van der Waals surface area contributed by atoms with Crippen molar-refractivity contribution in [1.82, 2.24) is 4.98 Å². The first-order valence-electron chi connectivity index (χ1n) is 5.32. The number of hydrogen-bond donors (Lipinski definition) is 2. The summed E-state index contributed by atoms with van der Waals surface area (Å²) in [4.78, 5) is 4.17. The number of aromatic nitrogens is 1. The van der Waals surface area contributed by atoms with Gasteiger partial charge in [0.05, 0.1) is 11.6 Å². The zero-order valence-electron chi connectivity index (χ0n) is 9.27. The van der Waals surface area contributed by atoms with Crippen LogP contribution in [-0.2, 0) is 0 Å². The Hall–Kier alpha value is -0.290. The summed E-state index contributed by atoms with van der Waals surface area (Å²) < 4.78 is 0. The molecule has 0 spiro atoms. The Morgan fingerprint density at radius 1 is 1.62 bits per heavy atom. The quantitative estimate of drug-likeness (QED) is 0.771. The van der Waals surface area contributed by atoms with Crippen molar-refractivity contribution in [3.05, 3.63) is 23.4 Å². The van der Waals surface area contributed by atoms with Crippen LogP contribution >= 0.6 is 23.4 Å². The molecule has 0 aliphatic heterocycles. The summed E-state index contributed by atoms with van der Waals surface area (Å²) in [6.45, 7) is 2.12. The molecule has 0 saturated heterocycles. The van der Waals surface area contributed by atoms with Crippen molar-refractivity contribution in [2.75, 3.05) is 6.61 Å². The second-order valence-electron chi connectivity index (χ2n) is 3.58. The lowest BCUT2D eigenvalue weighted by molar-refractivity contribution is 0.279. The van der Waals surface area contributed by atoms with Gasteiger partial charge in [-0.15, -0.1) is 0 Å². The summed E-state index contributed by atoms with van der Waals surface area (Å²) in [7, 11) is 0. The summed E-state index contributed by atoms with van der Waals surface area (Å²) in [6, 6.07) is 3.54. The molecule has 0 aliphatic carbocycles. The van der Waals surface area contributed by atoms with Crippen LogP contribution < -0.4 is 5.73 Å². The molecule has 2 unspecified atom stereocenters. The van der Waals surface area contributed by atoms with Gasteiger partial charge in [0.15, 0.2) is 0 Å². The lowest BCUT2D eigenvalue weighted by Gasteiger charge is -2.20. The number of halogens is 1. The lowest BCUT2D eigenvalue weighted by atomic mass is 10.1. The fraction of sp³-hybridized carbons (Fsp3) is 0.545. The van der Waals surface area contributed by atoms with Crippen molar-refractivity contribution >= 4 is 23.4 Å². The molecule has 0 amide bonds. The Labute approximate surface area is 105 Å². The van der Waals surface area contributed by atoms with E-state index in [9.17, 15) is 5.11 Å². The van der Waals surface area contributed by atoms with E-state index >= 15 is 0 Å². The van der Waals surface area contributed by atoms with E-state index in [0.29, 0.717) is 5.02 Å². The second-order valence-corrected chi connectivity index (χ2v) is 5.22. The van der Waals surface area contributed by atoms with Crippen LogP contribution in [0.15, 0.2) is 23.4 Å². The van der Waals surface area contributed by atoms with Crippen molar-refractivity contribution in [2.45, 2.75) is 36.1 Å². The third-order valence-electron chi connectivity index (χ3n) is 2.27. The molecule has 0 bridgehead atoms. The maximum atomic E-state index is 9.30. The van der Waals surface area contributed by atoms with Crippen molar-refractivity contribution < 1.29 is 5.11 Å². The first kappa shape index (κ1) is 13.8. The molecule has 2 atom stereocenters. The van der Waals surface area contributed by atoms with Gasteiger partial charge in [0, 0.05) is 17.5 Å². The Bertz CT molecular complexity index is 325. The Morgan fingerprint density at radius 2 is 2.38 bits per heavy atom. The van der Waals surface area contributed by atoms with Gasteiger partial charge in [0.2, 0.25) is 0 Å². The molecule has 0 saturated carbocycles. The van der Waals surface area contributed by atoms with Crippen LogP contribution in [0.4, 0.5) is 0 Å². The monoisotopic (exact) mass is 260 g/mol. The highest BCUT2D eigenvalue weighted by Crippen LogP contribution is 2.29. The first-order chi connectivity index (χ1) is 7.69. The standard InChI is InChI=1S/C11H17ClN2OS/c1-2-4-9(13)10(7-15)16-11-8(12)5-3-6-14-11/h3,5-6,9-10,15H,2,4,7,13H2,1H3. The smallest absolute Gasteiger partial charge is 0.115 e. The molecule has 1 aromatic rings. The summed E-state index contributed by atoms with van der Waals surface area (Å²) >= 11 is 7.45. The maximum Gasteiger partial charge on any atom is 0.115 e.